The summed E-state index contributed by atoms with van der Waals surface area (Å²) in [6.45, 7) is 2.13. The summed E-state index contributed by atoms with van der Waals surface area (Å²) in [5.41, 5.74) is 5.50. The van der Waals surface area contributed by atoms with Crippen molar-refractivity contribution < 1.29 is 0 Å². The van der Waals surface area contributed by atoms with Crippen molar-refractivity contribution in [1.29, 1.82) is 0 Å². The summed E-state index contributed by atoms with van der Waals surface area (Å²) in [5.74, 6) is 0. The molecule has 2 aromatic carbocycles. The topological polar surface area (TPSA) is 12.0 Å². The van der Waals surface area contributed by atoms with Gasteiger partial charge in [-0.15, -0.1) is 0 Å². The fraction of sp³-hybridized carbons (Fsp3) is 0.222. The lowest BCUT2D eigenvalue weighted by Crippen LogP contribution is -2.24. The van der Waals surface area contributed by atoms with E-state index in [1.807, 2.05) is 23.9 Å². The van der Waals surface area contributed by atoms with E-state index in [9.17, 15) is 0 Å². The SMILES string of the molecule is Clc1cccc2c1C(=C1CCNCC1)c1ccccc1S2. The van der Waals surface area contributed by atoms with Gasteiger partial charge in [-0.25, -0.2) is 0 Å². The van der Waals surface area contributed by atoms with Gasteiger partial charge in [-0.3, -0.25) is 0 Å². The number of hydrogen-bond donors (Lipinski definition) is 1. The van der Waals surface area contributed by atoms with Gasteiger partial charge in [-0.1, -0.05) is 53.2 Å². The molecule has 1 fully saturated rings. The fourth-order valence-corrected chi connectivity index (χ4v) is 4.64. The number of benzene rings is 2. The van der Waals surface area contributed by atoms with Gasteiger partial charge in [-0.05, 0) is 55.3 Å². The van der Waals surface area contributed by atoms with Crippen molar-refractivity contribution in [2.45, 2.75) is 22.6 Å². The van der Waals surface area contributed by atoms with Crippen LogP contribution in [-0.4, -0.2) is 13.1 Å². The minimum Gasteiger partial charge on any atom is -0.316 e. The van der Waals surface area contributed by atoms with Crippen molar-refractivity contribution in [2.24, 2.45) is 0 Å². The predicted molar refractivity (Wildman–Crippen MR) is 90.1 cm³/mol. The highest BCUT2D eigenvalue weighted by atomic mass is 35.5. The Hall–Kier alpha value is -1.22. The number of fused-ring (bicyclic) bond motifs is 2. The van der Waals surface area contributed by atoms with E-state index in [4.69, 9.17) is 11.6 Å². The van der Waals surface area contributed by atoms with Crippen LogP contribution in [0.2, 0.25) is 5.02 Å². The molecular weight excluding hydrogens is 298 g/mol. The van der Waals surface area contributed by atoms with E-state index >= 15 is 0 Å². The van der Waals surface area contributed by atoms with E-state index in [-0.39, 0.29) is 0 Å². The first-order valence-corrected chi connectivity index (χ1v) is 8.53. The molecule has 0 amide bonds. The van der Waals surface area contributed by atoms with Gasteiger partial charge in [0.25, 0.3) is 0 Å². The lowest BCUT2D eigenvalue weighted by molar-refractivity contribution is 0.611. The van der Waals surface area contributed by atoms with Crippen LogP contribution in [-0.2, 0) is 0 Å². The van der Waals surface area contributed by atoms with Gasteiger partial charge in [0.15, 0.2) is 0 Å². The van der Waals surface area contributed by atoms with E-state index in [0.717, 1.165) is 31.0 Å². The molecule has 1 saturated heterocycles. The van der Waals surface area contributed by atoms with E-state index in [1.165, 1.54) is 32.1 Å². The maximum atomic E-state index is 6.56. The maximum Gasteiger partial charge on any atom is 0.0496 e. The second-order valence-corrected chi connectivity index (χ2v) is 6.93. The molecule has 2 aliphatic rings. The number of nitrogens with one attached hydrogen (secondary N) is 1. The molecule has 21 heavy (non-hydrogen) atoms. The third kappa shape index (κ3) is 2.32. The van der Waals surface area contributed by atoms with Gasteiger partial charge in [0, 0.05) is 20.4 Å². The molecule has 3 heteroatoms. The first-order chi connectivity index (χ1) is 10.3. The van der Waals surface area contributed by atoms with Gasteiger partial charge < -0.3 is 5.32 Å². The molecule has 0 saturated carbocycles. The van der Waals surface area contributed by atoms with Crippen molar-refractivity contribution in [2.75, 3.05) is 13.1 Å². The molecular formula is C18H16ClNS. The van der Waals surface area contributed by atoms with Gasteiger partial charge in [0.2, 0.25) is 0 Å². The Morgan fingerprint density at radius 3 is 2.52 bits per heavy atom. The van der Waals surface area contributed by atoms with Gasteiger partial charge in [0.05, 0.1) is 0 Å². The first-order valence-electron chi connectivity index (χ1n) is 7.33. The summed E-state index contributed by atoms with van der Waals surface area (Å²) in [4.78, 5) is 2.62. The quantitative estimate of drug-likeness (QED) is 0.627. The van der Waals surface area contributed by atoms with E-state index < -0.39 is 0 Å². The third-order valence-electron chi connectivity index (χ3n) is 4.16. The molecule has 106 valence electrons. The molecule has 2 aromatic rings. The van der Waals surface area contributed by atoms with E-state index in [0.29, 0.717) is 0 Å². The van der Waals surface area contributed by atoms with Gasteiger partial charge in [-0.2, -0.15) is 0 Å². The van der Waals surface area contributed by atoms with Crippen LogP contribution in [0.1, 0.15) is 24.0 Å². The van der Waals surface area contributed by atoms with Crippen molar-refractivity contribution >= 4 is 28.9 Å². The minimum absolute atomic E-state index is 0.871. The standard InChI is InChI=1S/C18H16ClNS/c19-14-5-3-7-16-18(14)17(12-8-10-20-11-9-12)13-4-1-2-6-15(13)21-16/h1-7,20H,8-11H2. The van der Waals surface area contributed by atoms with E-state index in [2.05, 4.69) is 35.6 Å². The summed E-state index contributed by atoms with van der Waals surface area (Å²) in [6.07, 6.45) is 2.22. The summed E-state index contributed by atoms with van der Waals surface area (Å²) in [5, 5.41) is 4.31. The number of hydrogen-bond acceptors (Lipinski definition) is 2. The van der Waals surface area contributed by atoms with Crippen LogP contribution < -0.4 is 5.32 Å². The molecule has 2 aliphatic heterocycles. The molecule has 0 aliphatic carbocycles. The maximum absolute atomic E-state index is 6.56. The van der Waals surface area contributed by atoms with Crippen LogP contribution in [0.4, 0.5) is 0 Å². The monoisotopic (exact) mass is 313 g/mol. The summed E-state index contributed by atoms with van der Waals surface area (Å²) in [6, 6.07) is 14.9. The second-order valence-electron chi connectivity index (χ2n) is 5.44. The molecule has 1 nitrogen and oxygen atoms in total. The Bertz CT molecular complexity index is 728. The fourth-order valence-electron chi connectivity index (χ4n) is 3.19. The highest BCUT2D eigenvalue weighted by molar-refractivity contribution is 7.99. The van der Waals surface area contributed by atoms with Crippen molar-refractivity contribution in [3.8, 4) is 0 Å². The van der Waals surface area contributed by atoms with Crippen LogP contribution in [0.25, 0.3) is 5.57 Å². The first kappa shape index (κ1) is 13.4. The molecule has 4 rings (SSSR count). The van der Waals surface area contributed by atoms with Crippen LogP contribution >= 0.6 is 23.4 Å². The lowest BCUT2D eigenvalue weighted by Gasteiger charge is -2.28. The third-order valence-corrected chi connectivity index (χ3v) is 5.61. The molecule has 0 spiro atoms. The summed E-state index contributed by atoms with van der Waals surface area (Å²) >= 11 is 8.39. The number of halogens is 1. The Labute approximate surface area is 134 Å². The molecule has 1 N–H and O–H groups in total. The normalized spacial score (nSPS) is 17.4. The number of piperidine rings is 1. The Morgan fingerprint density at radius 2 is 1.67 bits per heavy atom. The average Bonchev–Trinajstić information content (AvgIpc) is 2.54. The molecule has 0 bridgehead atoms. The van der Waals surface area contributed by atoms with Crippen molar-refractivity contribution in [3.05, 3.63) is 64.2 Å². The highest BCUT2D eigenvalue weighted by Crippen LogP contribution is 2.49. The zero-order valence-corrected chi connectivity index (χ0v) is 13.2. The van der Waals surface area contributed by atoms with Crippen LogP contribution in [0.3, 0.4) is 0 Å². The minimum atomic E-state index is 0.871. The summed E-state index contributed by atoms with van der Waals surface area (Å²) < 4.78 is 0. The molecule has 0 unspecified atom stereocenters. The van der Waals surface area contributed by atoms with Gasteiger partial charge in [0.1, 0.15) is 0 Å². The zero-order valence-electron chi connectivity index (χ0n) is 11.7. The molecule has 0 atom stereocenters. The molecule has 2 heterocycles. The Morgan fingerprint density at radius 1 is 0.905 bits per heavy atom. The van der Waals surface area contributed by atoms with Crippen LogP contribution in [0, 0.1) is 0 Å². The zero-order chi connectivity index (χ0) is 14.2. The Kier molecular flexibility index (Phi) is 3.54. The van der Waals surface area contributed by atoms with E-state index in [1.54, 1.807) is 0 Å². The molecule has 0 radical (unpaired) electrons. The smallest absolute Gasteiger partial charge is 0.0496 e. The highest BCUT2D eigenvalue weighted by Gasteiger charge is 2.25. The second kappa shape index (κ2) is 5.53. The number of rotatable bonds is 0. The van der Waals surface area contributed by atoms with Crippen LogP contribution in [0.5, 0.6) is 0 Å². The molecule has 0 aromatic heterocycles. The largest absolute Gasteiger partial charge is 0.316 e. The Balaban J connectivity index is 2.00. The summed E-state index contributed by atoms with van der Waals surface area (Å²) in [7, 11) is 0. The van der Waals surface area contributed by atoms with Crippen LogP contribution in [0.15, 0.2) is 57.8 Å². The lowest BCUT2D eigenvalue weighted by atomic mass is 9.88. The van der Waals surface area contributed by atoms with Crippen molar-refractivity contribution in [1.82, 2.24) is 5.32 Å². The van der Waals surface area contributed by atoms with Crippen molar-refractivity contribution in [3.63, 3.8) is 0 Å². The average molecular weight is 314 g/mol. The van der Waals surface area contributed by atoms with Gasteiger partial charge >= 0.3 is 0 Å². The predicted octanol–water partition coefficient (Wildman–Crippen LogP) is 4.99.